The minimum atomic E-state index is -0.662. The lowest BCUT2D eigenvalue weighted by Crippen LogP contribution is -2.15. The van der Waals surface area contributed by atoms with E-state index in [2.05, 4.69) is 52.4 Å². The standard InChI is InChI=1S/C33H40N6O4S/c1-6-9-10-13-24(8-3)21-43-33(41)31-30(32(40)39(38-31)29-16-12-17-44-29)37-36-27-18-22(4)26(20-28(27)42-5)35-34-25-15-11-14-23(7-2)19-25/h11-12,14-20,24,40H,6-10,13,21H2,1-5H3/b35-34+,37-36+. The lowest BCUT2D eigenvalue weighted by molar-refractivity contribution is 0.0421. The summed E-state index contributed by atoms with van der Waals surface area (Å²) in [6.45, 7) is 8.50. The van der Waals surface area contributed by atoms with Gasteiger partial charge in [0.25, 0.3) is 0 Å². The summed E-state index contributed by atoms with van der Waals surface area (Å²) in [4.78, 5) is 13.3. The Kier molecular flexibility index (Phi) is 11.8. The molecule has 4 rings (SSSR count). The number of azo groups is 2. The topological polar surface area (TPSA) is 123 Å². The van der Waals surface area contributed by atoms with E-state index >= 15 is 0 Å². The van der Waals surface area contributed by atoms with E-state index < -0.39 is 5.97 Å². The zero-order chi connectivity index (χ0) is 31.5. The molecule has 44 heavy (non-hydrogen) atoms. The lowest BCUT2D eigenvalue weighted by Gasteiger charge is -2.14. The molecule has 2 heterocycles. The molecule has 0 aliphatic heterocycles. The molecule has 0 fully saturated rings. The number of thiophene rings is 1. The summed E-state index contributed by atoms with van der Waals surface area (Å²) in [7, 11) is 1.52. The Bertz CT molecular complexity index is 1600. The fraction of sp³-hybridized carbons (Fsp3) is 0.394. The maximum absolute atomic E-state index is 13.3. The molecule has 1 N–H and O–H groups in total. The van der Waals surface area contributed by atoms with Crippen LogP contribution in [-0.4, -0.2) is 34.6 Å². The van der Waals surface area contributed by atoms with Crippen molar-refractivity contribution in [2.75, 3.05) is 13.7 Å². The van der Waals surface area contributed by atoms with E-state index in [9.17, 15) is 9.90 Å². The van der Waals surface area contributed by atoms with Crippen molar-refractivity contribution in [2.45, 2.75) is 66.2 Å². The van der Waals surface area contributed by atoms with Gasteiger partial charge in [-0.25, -0.2) is 4.79 Å². The van der Waals surface area contributed by atoms with Crippen molar-refractivity contribution in [2.24, 2.45) is 26.4 Å². The summed E-state index contributed by atoms with van der Waals surface area (Å²) in [5, 5.41) is 35.4. The number of hydrogen-bond acceptors (Lipinski definition) is 10. The molecule has 0 spiro atoms. The first-order valence-electron chi connectivity index (χ1n) is 15.0. The number of nitrogens with zero attached hydrogens (tertiary/aromatic N) is 6. The van der Waals surface area contributed by atoms with Crippen LogP contribution >= 0.6 is 11.3 Å². The molecular weight excluding hydrogens is 576 g/mol. The molecule has 11 heteroatoms. The molecule has 0 saturated heterocycles. The van der Waals surface area contributed by atoms with Crippen LogP contribution in [0.4, 0.5) is 22.7 Å². The largest absolute Gasteiger partial charge is 0.494 e. The summed E-state index contributed by atoms with van der Waals surface area (Å²) < 4.78 is 12.5. The quantitative estimate of drug-likeness (QED) is 0.0808. The SMILES string of the molecule is CCCCCC(CC)COC(=O)c1nn(-c2cccs2)c(O)c1/N=N/c1cc(C)c(/N=N/c2cccc(CC)c2)cc1OC. The molecular formula is C33H40N6O4S. The fourth-order valence-corrected chi connectivity index (χ4v) is 5.27. The molecule has 0 radical (unpaired) electrons. The number of aromatic hydroxyl groups is 1. The predicted octanol–water partition coefficient (Wildman–Crippen LogP) is 10.1. The number of hydrogen-bond donors (Lipinski definition) is 1. The third-order valence-corrected chi connectivity index (χ3v) is 8.18. The van der Waals surface area contributed by atoms with Gasteiger partial charge >= 0.3 is 5.97 Å². The highest BCUT2D eigenvalue weighted by Gasteiger charge is 2.26. The molecule has 0 amide bonds. The highest BCUT2D eigenvalue weighted by Crippen LogP contribution is 2.39. The molecule has 0 saturated carbocycles. The smallest absolute Gasteiger partial charge is 0.361 e. The van der Waals surface area contributed by atoms with Gasteiger partial charge in [0.05, 0.1) is 25.1 Å². The Labute approximate surface area is 262 Å². The second kappa shape index (κ2) is 15.9. The Morgan fingerprint density at radius 2 is 1.84 bits per heavy atom. The van der Waals surface area contributed by atoms with Crippen molar-refractivity contribution in [3.8, 4) is 16.6 Å². The van der Waals surface area contributed by atoms with Gasteiger partial charge in [-0.05, 0) is 72.5 Å². The third-order valence-electron chi connectivity index (χ3n) is 7.34. The number of unbranched alkanes of at least 4 members (excludes halogenated alkanes) is 2. The number of benzene rings is 2. The predicted molar refractivity (Wildman–Crippen MR) is 173 cm³/mol. The summed E-state index contributed by atoms with van der Waals surface area (Å²) in [6, 6.07) is 15.0. The van der Waals surface area contributed by atoms with Crippen LogP contribution in [-0.2, 0) is 11.2 Å². The number of carbonyl (C=O) groups excluding carboxylic acids is 1. The maximum atomic E-state index is 13.3. The van der Waals surface area contributed by atoms with Gasteiger partial charge in [-0.1, -0.05) is 58.6 Å². The Morgan fingerprint density at radius 3 is 2.55 bits per heavy atom. The molecule has 232 valence electrons. The number of rotatable bonds is 15. The van der Waals surface area contributed by atoms with E-state index in [1.165, 1.54) is 28.7 Å². The highest BCUT2D eigenvalue weighted by molar-refractivity contribution is 7.12. The number of carbonyl (C=O) groups is 1. The van der Waals surface area contributed by atoms with Gasteiger partial charge in [0, 0.05) is 6.07 Å². The summed E-state index contributed by atoms with van der Waals surface area (Å²) in [5.74, 6) is -0.317. The first-order chi connectivity index (χ1) is 21.4. The Morgan fingerprint density at radius 1 is 1.02 bits per heavy atom. The first kappa shape index (κ1) is 32.5. The van der Waals surface area contributed by atoms with Crippen molar-refractivity contribution >= 4 is 40.1 Å². The Hall–Kier alpha value is -4.38. The van der Waals surface area contributed by atoms with Gasteiger partial charge < -0.3 is 14.6 Å². The minimum absolute atomic E-state index is 0.0818. The van der Waals surface area contributed by atoms with Crippen molar-refractivity contribution in [3.05, 3.63) is 70.7 Å². The number of methoxy groups -OCH3 is 1. The van der Waals surface area contributed by atoms with Crippen LogP contribution in [0.2, 0.25) is 0 Å². The molecule has 0 bridgehead atoms. The zero-order valence-corrected chi connectivity index (χ0v) is 26.8. The first-order valence-corrected chi connectivity index (χ1v) is 15.9. The van der Waals surface area contributed by atoms with E-state index in [0.29, 0.717) is 22.1 Å². The average Bonchev–Trinajstić information content (AvgIpc) is 3.69. The van der Waals surface area contributed by atoms with E-state index in [4.69, 9.17) is 9.47 Å². The molecule has 0 aliphatic rings. The van der Waals surface area contributed by atoms with Crippen LogP contribution in [0.5, 0.6) is 11.6 Å². The van der Waals surface area contributed by atoms with Crippen molar-refractivity contribution < 1.29 is 19.4 Å². The van der Waals surface area contributed by atoms with Gasteiger partial charge in [0.2, 0.25) is 11.6 Å². The minimum Gasteiger partial charge on any atom is -0.494 e. The fourth-order valence-electron chi connectivity index (χ4n) is 4.59. The average molecular weight is 617 g/mol. The van der Waals surface area contributed by atoms with Gasteiger partial charge in [0.1, 0.15) is 16.4 Å². The van der Waals surface area contributed by atoms with Crippen LogP contribution in [0, 0.1) is 12.8 Å². The number of aryl methyl sites for hydroxylation is 2. The van der Waals surface area contributed by atoms with Gasteiger partial charge in [0.15, 0.2) is 5.69 Å². The number of ether oxygens (including phenoxy) is 2. The third kappa shape index (κ3) is 8.16. The van der Waals surface area contributed by atoms with Crippen molar-refractivity contribution in [3.63, 3.8) is 0 Å². The summed E-state index contributed by atoms with van der Waals surface area (Å²) in [5.41, 5.74) is 3.54. The maximum Gasteiger partial charge on any atom is 0.361 e. The molecule has 0 aliphatic carbocycles. The Balaban J connectivity index is 1.62. The highest BCUT2D eigenvalue weighted by atomic mass is 32.1. The van der Waals surface area contributed by atoms with Gasteiger partial charge in [-0.3, -0.25) is 0 Å². The summed E-state index contributed by atoms with van der Waals surface area (Å²) >= 11 is 1.36. The van der Waals surface area contributed by atoms with Gasteiger partial charge in [-0.2, -0.15) is 20.0 Å². The molecule has 1 atom stereocenters. The monoisotopic (exact) mass is 616 g/mol. The summed E-state index contributed by atoms with van der Waals surface area (Å²) in [6.07, 6.45) is 6.17. The second-order valence-electron chi connectivity index (χ2n) is 10.5. The van der Waals surface area contributed by atoms with Crippen LogP contribution in [0.15, 0.2) is 74.4 Å². The van der Waals surface area contributed by atoms with Crippen LogP contribution in [0.3, 0.4) is 0 Å². The molecule has 4 aromatic rings. The van der Waals surface area contributed by atoms with Crippen LogP contribution in [0.25, 0.3) is 5.00 Å². The second-order valence-corrected chi connectivity index (χ2v) is 11.4. The van der Waals surface area contributed by atoms with E-state index in [1.54, 1.807) is 18.2 Å². The van der Waals surface area contributed by atoms with Gasteiger partial charge in [-0.15, -0.1) is 21.6 Å². The van der Waals surface area contributed by atoms with E-state index in [0.717, 1.165) is 49.8 Å². The van der Waals surface area contributed by atoms with Crippen molar-refractivity contribution in [1.82, 2.24) is 9.78 Å². The molecule has 1 unspecified atom stereocenters. The van der Waals surface area contributed by atoms with E-state index in [1.807, 2.05) is 36.6 Å². The number of aromatic nitrogens is 2. The van der Waals surface area contributed by atoms with E-state index in [-0.39, 0.29) is 29.8 Å². The van der Waals surface area contributed by atoms with Crippen LogP contribution < -0.4 is 4.74 Å². The normalized spacial score (nSPS) is 12.3. The van der Waals surface area contributed by atoms with Crippen molar-refractivity contribution in [1.29, 1.82) is 0 Å². The number of esters is 1. The lowest BCUT2D eigenvalue weighted by atomic mass is 10.00. The van der Waals surface area contributed by atoms with Crippen LogP contribution in [0.1, 0.15) is 74.5 Å². The molecule has 2 aromatic carbocycles. The molecule has 10 nitrogen and oxygen atoms in total. The zero-order valence-electron chi connectivity index (χ0n) is 26.0. The molecule has 2 aromatic heterocycles.